The molecule has 0 amide bonds. The third-order valence-corrected chi connectivity index (χ3v) is 1.68. The minimum absolute atomic E-state index is 0.411. The van der Waals surface area contributed by atoms with E-state index in [9.17, 15) is 4.79 Å². The summed E-state index contributed by atoms with van der Waals surface area (Å²) in [6, 6.07) is 0. The standard InChI is InChI=1S/C10H20O4/c1-3-4-8-13-10(11)14-9-6-5-7-12-2/h3-9H2,1-2H3. The van der Waals surface area contributed by atoms with Crippen LogP contribution in [0, 0.1) is 0 Å². The van der Waals surface area contributed by atoms with Gasteiger partial charge in [-0.3, -0.25) is 0 Å². The van der Waals surface area contributed by atoms with Gasteiger partial charge in [0.05, 0.1) is 13.2 Å². The van der Waals surface area contributed by atoms with Crippen LogP contribution in [-0.2, 0) is 14.2 Å². The van der Waals surface area contributed by atoms with Gasteiger partial charge in [-0.2, -0.15) is 0 Å². The molecule has 0 aliphatic rings. The molecule has 0 N–H and O–H groups in total. The number of carbonyl (C=O) groups excluding carboxylic acids is 1. The molecule has 0 saturated heterocycles. The molecule has 84 valence electrons. The number of hydrogen-bond acceptors (Lipinski definition) is 4. The van der Waals surface area contributed by atoms with Gasteiger partial charge in [-0.15, -0.1) is 0 Å². The summed E-state index contributed by atoms with van der Waals surface area (Å²) < 4.78 is 14.5. The number of hydrogen-bond donors (Lipinski definition) is 0. The third kappa shape index (κ3) is 9.32. The number of rotatable bonds is 8. The van der Waals surface area contributed by atoms with E-state index in [-0.39, 0.29) is 0 Å². The molecule has 0 rings (SSSR count). The lowest BCUT2D eigenvalue weighted by Gasteiger charge is -2.05. The van der Waals surface area contributed by atoms with Crippen LogP contribution in [0.25, 0.3) is 0 Å². The fourth-order valence-corrected chi connectivity index (χ4v) is 0.845. The van der Waals surface area contributed by atoms with Crippen molar-refractivity contribution < 1.29 is 19.0 Å². The van der Waals surface area contributed by atoms with Crippen LogP contribution in [0.1, 0.15) is 32.6 Å². The molecule has 0 aromatic carbocycles. The van der Waals surface area contributed by atoms with Crippen LogP contribution in [0.2, 0.25) is 0 Å². The number of ether oxygens (including phenoxy) is 3. The van der Waals surface area contributed by atoms with E-state index >= 15 is 0 Å². The zero-order valence-corrected chi connectivity index (χ0v) is 9.08. The van der Waals surface area contributed by atoms with Crippen LogP contribution in [0.4, 0.5) is 4.79 Å². The molecule has 0 radical (unpaired) electrons. The van der Waals surface area contributed by atoms with Crippen LogP contribution in [0.3, 0.4) is 0 Å². The molecular weight excluding hydrogens is 184 g/mol. The highest BCUT2D eigenvalue weighted by Gasteiger charge is 2.01. The second-order valence-electron chi connectivity index (χ2n) is 3.00. The van der Waals surface area contributed by atoms with E-state index in [1.807, 2.05) is 6.92 Å². The van der Waals surface area contributed by atoms with Crippen LogP contribution < -0.4 is 0 Å². The van der Waals surface area contributed by atoms with E-state index in [0.717, 1.165) is 25.7 Å². The van der Waals surface area contributed by atoms with Gasteiger partial charge in [-0.05, 0) is 19.3 Å². The summed E-state index contributed by atoms with van der Waals surface area (Å²) in [5.41, 5.74) is 0. The fraction of sp³-hybridized carbons (Fsp3) is 0.900. The number of unbranched alkanes of at least 4 members (excludes halogenated alkanes) is 2. The summed E-state index contributed by atoms with van der Waals surface area (Å²) in [5, 5.41) is 0. The van der Waals surface area contributed by atoms with E-state index in [4.69, 9.17) is 14.2 Å². The topological polar surface area (TPSA) is 44.8 Å². The van der Waals surface area contributed by atoms with Crippen LogP contribution in [0.15, 0.2) is 0 Å². The Kier molecular flexibility index (Phi) is 9.74. The predicted molar refractivity (Wildman–Crippen MR) is 53.3 cm³/mol. The largest absolute Gasteiger partial charge is 0.508 e. The van der Waals surface area contributed by atoms with Crippen molar-refractivity contribution in [2.45, 2.75) is 32.6 Å². The Morgan fingerprint density at radius 2 is 1.57 bits per heavy atom. The van der Waals surface area contributed by atoms with Gasteiger partial charge in [-0.25, -0.2) is 4.79 Å². The van der Waals surface area contributed by atoms with Crippen LogP contribution >= 0.6 is 0 Å². The molecule has 0 atom stereocenters. The Labute approximate surface area is 85.5 Å². The lowest BCUT2D eigenvalue weighted by Crippen LogP contribution is -2.09. The van der Waals surface area contributed by atoms with E-state index in [0.29, 0.717) is 19.8 Å². The van der Waals surface area contributed by atoms with Crippen molar-refractivity contribution in [3.05, 3.63) is 0 Å². The average molecular weight is 204 g/mol. The average Bonchev–Trinajstić information content (AvgIpc) is 2.18. The van der Waals surface area contributed by atoms with E-state index in [2.05, 4.69) is 0 Å². The lowest BCUT2D eigenvalue weighted by atomic mass is 10.3. The summed E-state index contributed by atoms with van der Waals surface area (Å²) in [6.07, 6.45) is 3.06. The van der Waals surface area contributed by atoms with Gasteiger partial charge in [-0.1, -0.05) is 13.3 Å². The monoisotopic (exact) mass is 204 g/mol. The maximum absolute atomic E-state index is 10.9. The Balaban J connectivity index is 3.10. The van der Waals surface area contributed by atoms with Gasteiger partial charge in [0.15, 0.2) is 0 Å². The third-order valence-electron chi connectivity index (χ3n) is 1.68. The van der Waals surface area contributed by atoms with Gasteiger partial charge in [0.25, 0.3) is 0 Å². The smallest absolute Gasteiger partial charge is 0.434 e. The molecule has 0 aromatic rings. The van der Waals surface area contributed by atoms with Gasteiger partial charge in [0, 0.05) is 13.7 Å². The minimum atomic E-state index is -0.559. The van der Waals surface area contributed by atoms with E-state index < -0.39 is 6.16 Å². The molecule has 0 aliphatic carbocycles. The highest BCUT2D eigenvalue weighted by molar-refractivity contribution is 5.59. The normalized spacial score (nSPS) is 9.86. The van der Waals surface area contributed by atoms with Crippen molar-refractivity contribution in [3.8, 4) is 0 Å². The predicted octanol–water partition coefficient (Wildman–Crippen LogP) is 2.37. The molecule has 4 nitrogen and oxygen atoms in total. The molecule has 0 aromatic heterocycles. The first kappa shape index (κ1) is 13.2. The highest BCUT2D eigenvalue weighted by atomic mass is 16.7. The molecule has 0 fully saturated rings. The second kappa shape index (κ2) is 10.3. The van der Waals surface area contributed by atoms with Gasteiger partial charge >= 0.3 is 6.16 Å². The van der Waals surface area contributed by atoms with Crippen molar-refractivity contribution in [2.75, 3.05) is 26.9 Å². The molecule has 0 aliphatic heterocycles. The van der Waals surface area contributed by atoms with Crippen molar-refractivity contribution in [1.82, 2.24) is 0 Å². The Morgan fingerprint density at radius 3 is 2.14 bits per heavy atom. The maximum Gasteiger partial charge on any atom is 0.508 e. The van der Waals surface area contributed by atoms with E-state index in [1.54, 1.807) is 7.11 Å². The first-order valence-corrected chi connectivity index (χ1v) is 5.09. The van der Waals surface area contributed by atoms with Crippen molar-refractivity contribution >= 4 is 6.16 Å². The van der Waals surface area contributed by atoms with E-state index in [1.165, 1.54) is 0 Å². The summed E-state index contributed by atoms with van der Waals surface area (Å²) in [7, 11) is 1.65. The molecular formula is C10H20O4. The summed E-state index contributed by atoms with van der Waals surface area (Å²) >= 11 is 0. The van der Waals surface area contributed by atoms with Gasteiger partial charge in [0.2, 0.25) is 0 Å². The minimum Gasteiger partial charge on any atom is -0.434 e. The molecule has 14 heavy (non-hydrogen) atoms. The van der Waals surface area contributed by atoms with Gasteiger partial charge in [0.1, 0.15) is 0 Å². The maximum atomic E-state index is 10.9. The number of carbonyl (C=O) groups is 1. The molecule has 0 spiro atoms. The molecule has 4 heteroatoms. The van der Waals surface area contributed by atoms with Crippen LogP contribution in [-0.4, -0.2) is 33.1 Å². The SMILES string of the molecule is CCCCOC(=O)OCCCCOC. The summed E-state index contributed by atoms with van der Waals surface area (Å²) in [4.78, 5) is 10.9. The Bertz CT molecular complexity index is 136. The Morgan fingerprint density at radius 1 is 1.00 bits per heavy atom. The first-order chi connectivity index (χ1) is 6.81. The van der Waals surface area contributed by atoms with Crippen molar-refractivity contribution in [1.29, 1.82) is 0 Å². The summed E-state index contributed by atoms with van der Waals surface area (Å²) in [5.74, 6) is 0. The Hall–Kier alpha value is -0.770. The highest BCUT2D eigenvalue weighted by Crippen LogP contribution is 1.95. The lowest BCUT2D eigenvalue weighted by molar-refractivity contribution is 0.0518. The first-order valence-electron chi connectivity index (χ1n) is 5.09. The fourth-order valence-electron chi connectivity index (χ4n) is 0.845. The zero-order valence-electron chi connectivity index (χ0n) is 9.08. The quantitative estimate of drug-likeness (QED) is 0.449. The molecule has 0 unspecified atom stereocenters. The molecule has 0 heterocycles. The zero-order chi connectivity index (χ0) is 10.6. The summed E-state index contributed by atoms with van der Waals surface area (Å²) in [6.45, 7) is 3.61. The van der Waals surface area contributed by atoms with Crippen molar-refractivity contribution in [2.24, 2.45) is 0 Å². The second-order valence-corrected chi connectivity index (χ2v) is 3.00. The van der Waals surface area contributed by atoms with Crippen molar-refractivity contribution in [3.63, 3.8) is 0 Å². The molecule has 0 saturated carbocycles. The van der Waals surface area contributed by atoms with Gasteiger partial charge < -0.3 is 14.2 Å². The number of methoxy groups -OCH3 is 1. The molecule has 0 bridgehead atoms. The van der Waals surface area contributed by atoms with Crippen LogP contribution in [0.5, 0.6) is 0 Å².